The van der Waals surface area contributed by atoms with E-state index in [0.717, 1.165) is 5.56 Å². The van der Waals surface area contributed by atoms with E-state index in [1.165, 1.54) is 18.2 Å². The normalized spacial score (nSPS) is 10.4. The highest BCUT2D eigenvalue weighted by molar-refractivity contribution is 9.10. The van der Waals surface area contributed by atoms with Crippen molar-refractivity contribution in [3.8, 4) is 0 Å². The van der Waals surface area contributed by atoms with Gasteiger partial charge < -0.3 is 11.1 Å². The number of aryl methyl sites for hydroxylation is 1. The second-order valence-electron chi connectivity index (χ2n) is 4.27. The van der Waals surface area contributed by atoms with Gasteiger partial charge in [0.2, 0.25) is 0 Å². The van der Waals surface area contributed by atoms with Gasteiger partial charge in [-0.15, -0.1) is 0 Å². The smallest absolute Gasteiger partial charge is 0.258 e. The Labute approximate surface area is 129 Å². The summed E-state index contributed by atoms with van der Waals surface area (Å²) in [7, 11) is 0. The Balaban J connectivity index is 2.36. The molecule has 0 radical (unpaired) electrons. The van der Waals surface area contributed by atoms with E-state index in [1.807, 2.05) is 6.92 Å². The standard InChI is InChI=1S/C14H11BrClFN2O/c1-7-5-9(15)13(11(18)6-7)19-14(20)8-3-2-4-10(16)12(8)17/h2-6H,18H2,1H3,(H,19,20). The van der Waals surface area contributed by atoms with Crippen LogP contribution >= 0.6 is 27.5 Å². The lowest BCUT2D eigenvalue weighted by molar-refractivity contribution is 0.102. The first-order chi connectivity index (χ1) is 9.40. The van der Waals surface area contributed by atoms with Gasteiger partial charge >= 0.3 is 0 Å². The first-order valence-corrected chi connectivity index (χ1v) is 6.88. The van der Waals surface area contributed by atoms with Gasteiger partial charge in [0.1, 0.15) is 0 Å². The molecule has 0 aromatic heterocycles. The largest absolute Gasteiger partial charge is 0.397 e. The van der Waals surface area contributed by atoms with E-state index < -0.39 is 11.7 Å². The maximum absolute atomic E-state index is 13.8. The fourth-order valence-corrected chi connectivity index (χ4v) is 2.62. The van der Waals surface area contributed by atoms with Crippen LogP contribution < -0.4 is 11.1 Å². The average molecular weight is 358 g/mol. The molecule has 0 atom stereocenters. The van der Waals surface area contributed by atoms with Gasteiger partial charge in [-0.1, -0.05) is 17.7 Å². The number of hydrogen-bond acceptors (Lipinski definition) is 2. The quantitative estimate of drug-likeness (QED) is 0.783. The first-order valence-electron chi connectivity index (χ1n) is 5.71. The van der Waals surface area contributed by atoms with Crippen LogP contribution in [0, 0.1) is 12.7 Å². The van der Waals surface area contributed by atoms with Crippen LogP contribution in [-0.2, 0) is 0 Å². The number of nitrogen functional groups attached to an aromatic ring is 1. The fraction of sp³-hybridized carbons (Fsp3) is 0.0714. The molecular formula is C14H11BrClFN2O. The van der Waals surface area contributed by atoms with E-state index in [0.29, 0.717) is 15.8 Å². The van der Waals surface area contributed by atoms with Gasteiger partial charge in [-0.05, 0) is 52.7 Å². The summed E-state index contributed by atoms with van der Waals surface area (Å²) in [5.41, 5.74) is 7.46. The third kappa shape index (κ3) is 2.94. The number of carbonyl (C=O) groups excluding carboxylic acids is 1. The van der Waals surface area contributed by atoms with Crippen molar-refractivity contribution < 1.29 is 9.18 Å². The van der Waals surface area contributed by atoms with Crippen LogP contribution in [0.25, 0.3) is 0 Å². The number of nitrogens with two attached hydrogens (primary N) is 1. The highest BCUT2D eigenvalue weighted by Gasteiger charge is 2.16. The number of halogens is 3. The lowest BCUT2D eigenvalue weighted by Gasteiger charge is -2.12. The molecule has 2 rings (SSSR count). The molecule has 0 saturated carbocycles. The van der Waals surface area contributed by atoms with Gasteiger partial charge in [0, 0.05) is 4.47 Å². The van der Waals surface area contributed by atoms with Crippen LogP contribution in [0.4, 0.5) is 15.8 Å². The number of amides is 1. The second kappa shape index (κ2) is 5.81. The number of hydrogen-bond donors (Lipinski definition) is 2. The molecule has 1 amide bonds. The Morgan fingerprint density at radius 3 is 2.75 bits per heavy atom. The predicted octanol–water partition coefficient (Wildman–Crippen LogP) is 4.38. The third-order valence-electron chi connectivity index (χ3n) is 2.70. The van der Waals surface area contributed by atoms with Crippen molar-refractivity contribution in [2.45, 2.75) is 6.92 Å². The summed E-state index contributed by atoms with van der Waals surface area (Å²) in [6.45, 7) is 1.88. The molecule has 0 aliphatic heterocycles. The van der Waals surface area contributed by atoms with Crippen LogP contribution in [0.3, 0.4) is 0 Å². The lowest BCUT2D eigenvalue weighted by Crippen LogP contribution is -2.15. The highest BCUT2D eigenvalue weighted by atomic mass is 79.9. The molecule has 0 spiro atoms. The Bertz CT molecular complexity index is 668. The lowest BCUT2D eigenvalue weighted by atomic mass is 10.1. The van der Waals surface area contributed by atoms with E-state index in [2.05, 4.69) is 21.2 Å². The van der Waals surface area contributed by atoms with Gasteiger partial charge in [0.05, 0.1) is 22.0 Å². The van der Waals surface area contributed by atoms with Gasteiger partial charge in [-0.25, -0.2) is 4.39 Å². The summed E-state index contributed by atoms with van der Waals surface area (Å²) in [5.74, 6) is -1.37. The summed E-state index contributed by atoms with van der Waals surface area (Å²) in [4.78, 5) is 12.1. The Morgan fingerprint density at radius 2 is 2.10 bits per heavy atom. The average Bonchev–Trinajstić information content (AvgIpc) is 2.36. The molecule has 0 saturated heterocycles. The van der Waals surface area contributed by atoms with Gasteiger partial charge in [-0.2, -0.15) is 0 Å². The predicted molar refractivity (Wildman–Crippen MR) is 82.7 cm³/mol. The second-order valence-corrected chi connectivity index (χ2v) is 5.53. The number of anilines is 2. The van der Waals surface area contributed by atoms with E-state index in [9.17, 15) is 9.18 Å². The molecule has 2 aromatic rings. The molecular weight excluding hydrogens is 347 g/mol. The molecule has 0 aliphatic rings. The maximum Gasteiger partial charge on any atom is 0.258 e. The van der Waals surface area contributed by atoms with Crippen LogP contribution in [0.15, 0.2) is 34.8 Å². The minimum absolute atomic E-state index is 0.103. The zero-order chi connectivity index (χ0) is 14.9. The Morgan fingerprint density at radius 1 is 1.40 bits per heavy atom. The van der Waals surface area contributed by atoms with Crippen molar-refractivity contribution in [3.63, 3.8) is 0 Å². The number of benzene rings is 2. The zero-order valence-electron chi connectivity index (χ0n) is 10.5. The summed E-state index contributed by atoms with van der Waals surface area (Å²) < 4.78 is 14.4. The zero-order valence-corrected chi connectivity index (χ0v) is 12.8. The van der Waals surface area contributed by atoms with Crippen LogP contribution in [0.2, 0.25) is 5.02 Å². The minimum atomic E-state index is -0.756. The molecule has 0 fully saturated rings. The van der Waals surface area contributed by atoms with E-state index >= 15 is 0 Å². The van der Waals surface area contributed by atoms with Gasteiger partial charge in [0.15, 0.2) is 5.82 Å². The molecule has 0 aliphatic carbocycles. The first kappa shape index (κ1) is 14.8. The molecule has 2 aromatic carbocycles. The Kier molecular flexibility index (Phi) is 4.30. The van der Waals surface area contributed by atoms with Crippen molar-refractivity contribution in [2.24, 2.45) is 0 Å². The summed E-state index contributed by atoms with van der Waals surface area (Å²) in [5, 5.41) is 2.48. The third-order valence-corrected chi connectivity index (χ3v) is 3.62. The van der Waals surface area contributed by atoms with Gasteiger partial charge in [-0.3, -0.25) is 4.79 Å². The van der Waals surface area contributed by atoms with Crippen molar-refractivity contribution in [1.82, 2.24) is 0 Å². The topological polar surface area (TPSA) is 55.1 Å². The number of carbonyl (C=O) groups is 1. The van der Waals surface area contributed by atoms with Gasteiger partial charge in [0.25, 0.3) is 5.91 Å². The number of rotatable bonds is 2. The fourth-order valence-electron chi connectivity index (χ4n) is 1.76. The SMILES string of the molecule is Cc1cc(N)c(NC(=O)c2cccc(Cl)c2F)c(Br)c1. The minimum Gasteiger partial charge on any atom is -0.397 e. The molecule has 104 valence electrons. The van der Waals surface area contributed by atoms with Crippen LogP contribution in [0.1, 0.15) is 15.9 Å². The van der Waals surface area contributed by atoms with Crippen molar-refractivity contribution in [3.05, 3.63) is 56.8 Å². The molecule has 0 heterocycles. The molecule has 0 unspecified atom stereocenters. The van der Waals surface area contributed by atoms with Crippen molar-refractivity contribution in [2.75, 3.05) is 11.1 Å². The molecule has 0 bridgehead atoms. The summed E-state index contributed by atoms with van der Waals surface area (Å²) in [6, 6.07) is 7.77. The molecule has 6 heteroatoms. The summed E-state index contributed by atoms with van der Waals surface area (Å²) >= 11 is 8.97. The Hall–Kier alpha value is -1.59. The molecule has 3 N–H and O–H groups in total. The monoisotopic (exact) mass is 356 g/mol. The highest BCUT2D eigenvalue weighted by Crippen LogP contribution is 2.31. The summed E-state index contributed by atoms with van der Waals surface area (Å²) in [6.07, 6.45) is 0. The van der Waals surface area contributed by atoms with E-state index in [4.69, 9.17) is 17.3 Å². The number of nitrogens with one attached hydrogen (secondary N) is 1. The molecule has 20 heavy (non-hydrogen) atoms. The maximum atomic E-state index is 13.8. The van der Waals surface area contributed by atoms with Crippen LogP contribution in [0.5, 0.6) is 0 Å². The van der Waals surface area contributed by atoms with Crippen LogP contribution in [-0.4, -0.2) is 5.91 Å². The van der Waals surface area contributed by atoms with E-state index in [-0.39, 0.29) is 10.6 Å². The van der Waals surface area contributed by atoms with Crippen molar-refractivity contribution in [1.29, 1.82) is 0 Å². The molecule has 3 nitrogen and oxygen atoms in total. The van der Waals surface area contributed by atoms with Crippen molar-refractivity contribution >= 4 is 44.8 Å². The van der Waals surface area contributed by atoms with E-state index in [1.54, 1.807) is 12.1 Å².